The van der Waals surface area contributed by atoms with E-state index in [1.165, 1.54) is 151 Å². The van der Waals surface area contributed by atoms with Crippen LogP contribution in [-0.4, -0.2) is 6.71 Å². The summed E-state index contributed by atoms with van der Waals surface area (Å²) in [6, 6.07) is 47.5. The molecule has 0 bridgehead atoms. The highest BCUT2D eigenvalue weighted by molar-refractivity contribution is 7.29. The van der Waals surface area contributed by atoms with E-state index in [1.54, 1.807) is 0 Å². The fourth-order valence-corrected chi connectivity index (χ4v) is 16.6. The minimum absolute atomic E-state index is 0.00133. The zero-order chi connectivity index (χ0) is 50.8. The van der Waals surface area contributed by atoms with Crippen LogP contribution in [0.1, 0.15) is 101 Å². The minimum Gasteiger partial charge on any atom is -0.302 e. The predicted molar refractivity (Wildman–Crippen MR) is 328 cm³/mol. The fraction of sp³-hybridized carbons (Fsp3) is 0.242. The summed E-state index contributed by atoms with van der Waals surface area (Å²) in [5.74, 6) is 0. The Morgan fingerprint density at radius 3 is 1.15 bits per heavy atom. The van der Waals surface area contributed by atoms with Crippen molar-refractivity contribution < 1.29 is 0 Å². The zero-order valence-corrected chi connectivity index (χ0v) is 47.6. The Morgan fingerprint density at radius 2 is 0.767 bits per heavy atom. The molecule has 0 fully saturated rings. The molecule has 0 saturated heterocycles. The fourth-order valence-electron chi connectivity index (χ4n) is 12.2. The van der Waals surface area contributed by atoms with Gasteiger partial charge in [-0.25, -0.2) is 0 Å². The Bertz CT molecular complexity index is 3810. The van der Waals surface area contributed by atoms with Crippen LogP contribution in [0.15, 0.2) is 132 Å². The molecule has 0 N–H and O–H groups in total. The molecule has 0 aliphatic carbocycles. The number of rotatable bonds is 4. The van der Waals surface area contributed by atoms with Crippen molar-refractivity contribution >= 4 is 142 Å². The summed E-state index contributed by atoms with van der Waals surface area (Å²) in [7, 11) is 0. The molecule has 7 aromatic carbocycles. The van der Waals surface area contributed by atoms with Gasteiger partial charge in [-0.1, -0.05) is 123 Å². The van der Waals surface area contributed by atoms with E-state index < -0.39 is 0 Å². The average molecular weight is 1020 g/mol. The zero-order valence-electron chi connectivity index (χ0n) is 44.3. The van der Waals surface area contributed by atoms with Crippen LogP contribution < -0.4 is 26.2 Å². The third-order valence-corrected chi connectivity index (χ3v) is 20.2. The lowest BCUT2D eigenvalue weighted by Gasteiger charge is -2.44. The molecule has 4 aromatic heterocycles. The van der Waals surface area contributed by atoms with E-state index in [-0.39, 0.29) is 23.0 Å². The van der Waals surface area contributed by atoms with Gasteiger partial charge in [0.2, 0.25) is 0 Å². The Morgan fingerprint density at radius 1 is 0.384 bits per heavy atom. The molecule has 13 rings (SSSR count). The average Bonchev–Trinajstić information content (AvgIpc) is 4.14. The summed E-state index contributed by atoms with van der Waals surface area (Å²) in [6.45, 7) is 30.8. The first-order valence-corrected chi connectivity index (χ1v) is 29.2. The Labute approximate surface area is 447 Å². The van der Waals surface area contributed by atoms with E-state index in [2.05, 4.69) is 232 Å². The van der Waals surface area contributed by atoms with Crippen molar-refractivity contribution in [2.75, 3.05) is 9.80 Å². The lowest BCUT2D eigenvalue weighted by Crippen LogP contribution is -2.61. The summed E-state index contributed by atoms with van der Waals surface area (Å²) in [5.41, 5.74) is 23.6. The second kappa shape index (κ2) is 16.3. The van der Waals surface area contributed by atoms with Crippen molar-refractivity contribution in [2.24, 2.45) is 0 Å². The number of thiophene rings is 4. The number of hydrogen-bond acceptors (Lipinski definition) is 6. The number of fused-ring (bicyclic) bond motifs is 10. The van der Waals surface area contributed by atoms with Crippen LogP contribution in [0.5, 0.6) is 0 Å². The van der Waals surface area contributed by atoms with E-state index in [4.69, 9.17) is 0 Å². The normalized spacial score (nSPS) is 13.7. The van der Waals surface area contributed by atoms with E-state index in [0.717, 1.165) is 0 Å². The van der Waals surface area contributed by atoms with Crippen molar-refractivity contribution in [1.82, 2.24) is 0 Å². The highest BCUT2D eigenvalue weighted by atomic mass is 32.1. The first-order valence-electron chi connectivity index (χ1n) is 25.8. The maximum absolute atomic E-state index is 2.73. The minimum atomic E-state index is -0.135. The number of hydrogen-bond donors (Lipinski definition) is 0. The van der Waals surface area contributed by atoms with Gasteiger partial charge in [0.1, 0.15) is 0 Å². The van der Waals surface area contributed by atoms with Crippen molar-refractivity contribution in [1.29, 1.82) is 0 Å². The van der Waals surface area contributed by atoms with Crippen LogP contribution in [0.2, 0.25) is 0 Å². The molecule has 0 spiro atoms. The van der Waals surface area contributed by atoms with Gasteiger partial charge in [-0.05, 0) is 193 Å². The molecule has 11 aromatic rings. The van der Waals surface area contributed by atoms with Crippen molar-refractivity contribution in [3.8, 4) is 22.3 Å². The maximum Gasteiger partial charge on any atom is 0.256 e. The summed E-state index contributed by atoms with van der Waals surface area (Å²) in [5, 5.41) is 12.8. The van der Waals surface area contributed by atoms with Crippen molar-refractivity contribution in [2.45, 2.75) is 106 Å². The van der Waals surface area contributed by atoms with Gasteiger partial charge in [-0.2, -0.15) is 0 Å². The van der Waals surface area contributed by atoms with Gasteiger partial charge in [-0.15, -0.1) is 45.3 Å². The maximum atomic E-state index is 2.73. The molecule has 73 heavy (non-hydrogen) atoms. The van der Waals surface area contributed by atoms with Crippen molar-refractivity contribution in [3.63, 3.8) is 0 Å². The topological polar surface area (TPSA) is 6.48 Å². The Kier molecular flexibility index (Phi) is 10.4. The van der Waals surface area contributed by atoms with Crippen LogP contribution in [0.4, 0.5) is 32.8 Å². The number of anilines is 6. The van der Waals surface area contributed by atoms with Gasteiger partial charge in [0.15, 0.2) is 0 Å². The molecule has 6 heterocycles. The molecule has 0 atom stereocenters. The smallest absolute Gasteiger partial charge is 0.256 e. The Balaban J connectivity index is 1.15. The molecule has 0 radical (unpaired) electrons. The molecule has 7 heteroatoms. The van der Waals surface area contributed by atoms with Gasteiger partial charge in [-0.3, -0.25) is 0 Å². The second-order valence-electron chi connectivity index (χ2n) is 24.1. The second-order valence-corrected chi connectivity index (χ2v) is 27.9. The molecule has 0 amide bonds. The number of nitrogens with zero attached hydrogens (tertiary/aromatic N) is 2. The summed E-state index contributed by atoms with van der Waals surface area (Å²) >= 11 is 7.64. The molecular formula is C66H61BN2S4. The molecule has 0 saturated carbocycles. The van der Waals surface area contributed by atoms with E-state index in [9.17, 15) is 0 Å². The first kappa shape index (κ1) is 46.8. The molecular weight excluding hydrogens is 960 g/mol. The molecule has 2 aliphatic rings. The standard InChI is InChI=1S/C66H61BN2S4/c1-36-26-40(49-34-70-53-20-16-14-18-45(49)53)27-37(2)60(36)68-51-32-44(66(11,12)13)33-52-59(51)67(57-47-30-42(64(5,6)7)22-24-55(47)72-62(57)68)58-48-31-43(65(8,9)10)23-25-56(48)73-63(58)69(52)61-38(3)28-41(29-39(61)4)50-35-71-54-21-17-15-19-46(50)54/h14-35H,1-13H3. The molecule has 2 nitrogen and oxygen atoms in total. The summed E-state index contributed by atoms with van der Waals surface area (Å²) < 4.78 is 5.33. The molecule has 362 valence electrons. The van der Waals surface area contributed by atoms with Gasteiger partial charge in [0, 0.05) is 52.1 Å². The van der Waals surface area contributed by atoms with Crippen LogP contribution >= 0.6 is 45.3 Å². The van der Waals surface area contributed by atoms with E-state index >= 15 is 0 Å². The van der Waals surface area contributed by atoms with E-state index in [1.807, 2.05) is 45.3 Å². The van der Waals surface area contributed by atoms with Crippen LogP contribution in [0, 0.1) is 27.7 Å². The van der Waals surface area contributed by atoms with Gasteiger partial charge in [0.25, 0.3) is 6.71 Å². The third-order valence-electron chi connectivity index (χ3n) is 15.9. The lowest BCUT2D eigenvalue weighted by atomic mass is 9.33. The molecule has 2 aliphatic heterocycles. The Hall–Kier alpha value is -5.96. The number of benzene rings is 7. The predicted octanol–water partition coefficient (Wildman–Crippen LogP) is 19.1. The van der Waals surface area contributed by atoms with Crippen molar-refractivity contribution in [3.05, 3.63) is 171 Å². The van der Waals surface area contributed by atoms with E-state index in [0.29, 0.717) is 0 Å². The van der Waals surface area contributed by atoms with Crippen LogP contribution in [-0.2, 0) is 16.2 Å². The van der Waals surface area contributed by atoms with Gasteiger partial charge < -0.3 is 9.80 Å². The summed E-state index contributed by atoms with van der Waals surface area (Å²) in [4.78, 5) is 5.45. The first-order chi connectivity index (χ1) is 34.7. The largest absolute Gasteiger partial charge is 0.302 e. The quantitative estimate of drug-likeness (QED) is 0.162. The third kappa shape index (κ3) is 7.19. The monoisotopic (exact) mass is 1020 g/mol. The lowest BCUT2D eigenvalue weighted by molar-refractivity contribution is 0.590. The van der Waals surface area contributed by atoms with Crippen LogP contribution in [0.3, 0.4) is 0 Å². The molecule has 0 unspecified atom stereocenters. The van der Waals surface area contributed by atoms with Gasteiger partial charge >= 0.3 is 0 Å². The number of aryl methyl sites for hydroxylation is 4. The van der Waals surface area contributed by atoms with Crippen LogP contribution in [0.25, 0.3) is 62.6 Å². The van der Waals surface area contributed by atoms with Gasteiger partial charge in [0.05, 0.1) is 21.4 Å². The SMILES string of the molecule is Cc1cc(-c2csc3ccccc23)cc(C)c1N1c2cc(C(C)(C)C)cc3c2B(c2c1sc1ccc(C(C)(C)C)cc21)c1c(sc2ccc(C(C)(C)C)cc12)N3c1c(C)cc(-c2csc3ccccc23)cc1C. The highest BCUT2D eigenvalue weighted by Crippen LogP contribution is 2.54. The highest BCUT2D eigenvalue weighted by Gasteiger charge is 2.48. The summed E-state index contributed by atoms with van der Waals surface area (Å²) in [6.07, 6.45) is 0.